The molecule has 0 unspecified atom stereocenters. The maximum atomic E-state index is 10.8. The van der Waals surface area contributed by atoms with E-state index in [-0.39, 0.29) is 17.6 Å². The Morgan fingerprint density at radius 1 is 1.53 bits per heavy atom. The molecule has 0 aliphatic heterocycles. The molecule has 3 N–H and O–H groups in total. The Labute approximate surface area is 99.5 Å². The van der Waals surface area contributed by atoms with Crippen molar-refractivity contribution >= 4 is 11.8 Å². The molecule has 5 nitrogen and oxygen atoms in total. The number of anilines is 1. The van der Waals surface area contributed by atoms with Gasteiger partial charge < -0.3 is 15.5 Å². The third-order valence-electron chi connectivity index (χ3n) is 3.25. The number of carbonyl (C=O) groups is 1. The van der Waals surface area contributed by atoms with E-state index < -0.39 is 5.97 Å². The molecule has 1 saturated carbocycles. The fraction of sp³-hybridized carbons (Fsp3) is 0.500. The van der Waals surface area contributed by atoms with Gasteiger partial charge in [0.15, 0.2) is 0 Å². The van der Waals surface area contributed by atoms with Crippen LogP contribution in [0.3, 0.4) is 0 Å². The van der Waals surface area contributed by atoms with Crippen molar-refractivity contribution in [3.8, 4) is 0 Å². The van der Waals surface area contributed by atoms with E-state index in [2.05, 4.69) is 10.3 Å². The molecule has 92 valence electrons. The van der Waals surface area contributed by atoms with E-state index in [4.69, 9.17) is 10.2 Å². The van der Waals surface area contributed by atoms with E-state index in [0.29, 0.717) is 5.82 Å². The van der Waals surface area contributed by atoms with Gasteiger partial charge in [0.1, 0.15) is 5.82 Å². The Morgan fingerprint density at radius 2 is 2.29 bits per heavy atom. The summed E-state index contributed by atoms with van der Waals surface area (Å²) in [5, 5.41) is 20.9. The summed E-state index contributed by atoms with van der Waals surface area (Å²) in [7, 11) is 0. The van der Waals surface area contributed by atoms with Crippen LogP contribution in [-0.4, -0.2) is 34.3 Å². The molecule has 0 aromatic carbocycles. The highest BCUT2D eigenvalue weighted by atomic mass is 16.4. The fourth-order valence-corrected chi connectivity index (χ4v) is 1.87. The average molecular weight is 236 g/mol. The first-order chi connectivity index (χ1) is 8.15. The van der Waals surface area contributed by atoms with Crippen molar-refractivity contribution in [1.82, 2.24) is 4.98 Å². The zero-order valence-electron chi connectivity index (χ0n) is 9.52. The molecule has 17 heavy (non-hydrogen) atoms. The Kier molecular flexibility index (Phi) is 3.28. The largest absolute Gasteiger partial charge is 0.478 e. The van der Waals surface area contributed by atoms with Crippen LogP contribution >= 0.6 is 0 Å². The zero-order chi connectivity index (χ0) is 12.3. The van der Waals surface area contributed by atoms with Crippen LogP contribution in [0.2, 0.25) is 0 Å². The lowest BCUT2D eigenvalue weighted by molar-refractivity contribution is 0.0697. The summed E-state index contributed by atoms with van der Waals surface area (Å²) in [5.41, 5.74) is 0.421. The quantitative estimate of drug-likeness (QED) is 0.694. The second-order valence-electron chi connectivity index (χ2n) is 4.56. The van der Waals surface area contributed by atoms with Crippen molar-refractivity contribution < 1.29 is 15.0 Å². The number of pyridine rings is 1. The summed E-state index contributed by atoms with van der Waals surface area (Å²) in [6.45, 7) is 0.938. The van der Waals surface area contributed by atoms with Gasteiger partial charge in [-0.2, -0.15) is 0 Å². The van der Waals surface area contributed by atoms with Gasteiger partial charge in [-0.15, -0.1) is 0 Å². The van der Waals surface area contributed by atoms with Gasteiger partial charge in [-0.05, 0) is 36.8 Å². The number of nitrogens with zero attached hydrogens (tertiary/aromatic N) is 1. The highest BCUT2D eigenvalue weighted by molar-refractivity contribution is 5.88. The molecular formula is C12H16N2O3. The van der Waals surface area contributed by atoms with Crippen LogP contribution in [0.5, 0.6) is 0 Å². The predicted molar refractivity (Wildman–Crippen MR) is 63.1 cm³/mol. The third kappa shape index (κ3) is 2.94. The van der Waals surface area contributed by atoms with Crippen LogP contribution in [0.4, 0.5) is 5.82 Å². The van der Waals surface area contributed by atoms with Gasteiger partial charge in [-0.3, -0.25) is 0 Å². The fourth-order valence-electron chi connectivity index (χ4n) is 1.87. The maximum Gasteiger partial charge on any atom is 0.335 e. The average Bonchev–Trinajstić information content (AvgIpc) is 3.08. The second-order valence-corrected chi connectivity index (χ2v) is 4.56. The SMILES string of the molecule is O=C(O)c1ccnc(NCC2(CCO)CC2)c1. The minimum Gasteiger partial charge on any atom is -0.478 e. The first-order valence-electron chi connectivity index (χ1n) is 5.69. The van der Waals surface area contributed by atoms with Crippen molar-refractivity contribution in [1.29, 1.82) is 0 Å². The molecule has 1 aliphatic rings. The van der Waals surface area contributed by atoms with E-state index in [1.807, 2.05) is 0 Å². The van der Waals surface area contributed by atoms with Crippen LogP contribution in [-0.2, 0) is 0 Å². The number of hydrogen-bond donors (Lipinski definition) is 3. The lowest BCUT2D eigenvalue weighted by Gasteiger charge is -2.14. The molecule has 1 aliphatic carbocycles. The molecule has 2 rings (SSSR count). The summed E-state index contributed by atoms with van der Waals surface area (Å²) in [5.74, 6) is -0.374. The summed E-state index contributed by atoms with van der Waals surface area (Å²) in [6, 6.07) is 2.99. The second kappa shape index (κ2) is 4.71. The molecule has 0 bridgehead atoms. The summed E-state index contributed by atoms with van der Waals surface area (Å²) >= 11 is 0. The normalized spacial score (nSPS) is 16.5. The van der Waals surface area contributed by atoms with Crippen molar-refractivity contribution in [2.75, 3.05) is 18.5 Å². The number of aliphatic hydroxyl groups excluding tert-OH is 1. The molecule has 5 heteroatoms. The lowest BCUT2D eigenvalue weighted by Crippen LogP contribution is -2.17. The first kappa shape index (κ1) is 11.9. The molecular weight excluding hydrogens is 220 g/mol. The number of carboxylic acid groups (broad SMARTS) is 1. The van der Waals surface area contributed by atoms with Crippen molar-refractivity contribution in [3.05, 3.63) is 23.9 Å². The lowest BCUT2D eigenvalue weighted by atomic mass is 10.0. The molecule has 1 aromatic heterocycles. The topological polar surface area (TPSA) is 82.5 Å². The van der Waals surface area contributed by atoms with Crippen LogP contribution in [0.25, 0.3) is 0 Å². The summed E-state index contributed by atoms with van der Waals surface area (Å²) in [4.78, 5) is 14.9. The summed E-state index contributed by atoms with van der Waals surface area (Å²) < 4.78 is 0. The first-order valence-corrected chi connectivity index (χ1v) is 5.69. The molecule has 1 heterocycles. The Morgan fingerprint density at radius 3 is 2.88 bits per heavy atom. The number of aromatic carboxylic acids is 1. The van der Waals surface area contributed by atoms with Crippen LogP contribution < -0.4 is 5.32 Å². The molecule has 1 aromatic rings. The van der Waals surface area contributed by atoms with Crippen molar-refractivity contribution in [3.63, 3.8) is 0 Å². The number of aromatic nitrogens is 1. The number of rotatable bonds is 6. The van der Waals surface area contributed by atoms with Crippen molar-refractivity contribution in [2.45, 2.75) is 19.3 Å². The maximum absolute atomic E-state index is 10.8. The number of hydrogen-bond acceptors (Lipinski definition) is 4. The Bertz CT molecular complexity index is 416. The van der Waals surface area contributed by atoms with Gasteiger partial charge in [-0.1, -0.05) is 0 Å². The van der Waals surface area contributed by atoms with Crippen LogP contribution in [0.1, 0.15) is 29.6 Å². The smallest absolute Gasteiger partial charge is 0.335 e. The van der Waals surface area contributed by atoms with Gasteiger partial charge in [0.25, 0.3) is 0 Å². The third-order valence-corrected chi connectivity index (χ3v) is 3.25. The van der Waals surface area contributed by atoms with Gasteiger partial charge in [0.2, 0.25) is 0 Å². The standard InChI is InChI=1S/C12H16N2O3/c15-6-4-12(2-3-12)8-14-10-7-9(11(16)17)1-5-13-10/h1,5,7,15H,2-4,6,8H2,(H,13,14)(H,16,17). The van der Waals surface area contributed by atoms with E-state index in [9.17, 15) is 4.79 Å². The van der Waals surface area contributed by atoms with Gasteiger partial charge in [-0.25, -0.2) is 9.78 Å². The zero-order valence-corrected chi connectivity index (χ0v) is 9.52. The van der Waals surface area contributed by atoms with Crippen molar-refractivity contribution in [2.24, 2.45) is 5.41 Å². The Balaban J connectivity index is 1.95. The molecule has 0 radical (unpaired) electrons. The van der Waals surface area contributed by atoms with E-state index in [0.717, 1.165) is 25.8 Å². The summed E-state index contributed by atoms with van der Waals surface area (Å²) in [6.07, 6.45) is 4.49. The van der Waals surface area contributed by atoms with Crippen LogP contribution in [0.15, 0.2) is 18.3 Å². The van der Waals surface area contributed by atoms with E-state index in [1.165, 1.54) is 18.3 Å². The number of aliphatic hydroxyl groups is 1. The predicted octanol–water partition coefficient (Wildman–Crippen LogP) is 1.35. The number of nitrogens with one attached hydrogen (secondary N) is 1. The highest BCUT2D eigenvalue weighted by Crippen LogP contribution is 2.48. The van der Waals surface area contributed by atoms with Gasteiger partial charge in [0, 0.05) is 19.3 Å². The molecule has 0 spiro atoms. The minimum atomic E-state index is -0.952. The minimum absolute atomic E-state index is 0.190. The van der Waals surface area contributed by atoms with Gasteiger partial charge in [0.05, 0.1) is 5.56 Å². The van der Waals surface area contributed by atoms with E-state index in [1.54, 1.807) is 0 Å². The molecule has 0 atom stereocenters. The van der Waals surface area contributed by atoms with Crippen LogP contribution in [0, 0.1) is 5.41 Å². The van der Waals surface area contributed by atoms with E-state index >= 15 is 0 Å². The monoisotopic (exact) mass is 236 g/mol. The molecule has 1 fully saturated rings. The highest BCUT2D eigenvalue weighted by Gasteiger charge is 2.41. The number of carboxylic acids is 1. The molecule has 0 amide bonds. The molecule has 0 saturated heterocycles. The van der Waals surface area contributed by atoms with Gasteiger partial charge >= 0.3 is 5.97 Å². The Hall–Kier alpha value is -1.62.